The summed E-state index contributed by atoms with van der Waals surface area (Å²) >= 11 is 0. The number of nitrogens with zero attached hydrogens (tertiary/aromatic N) is 1. The highest BCUT2D eigenvalue weighted by Crippen LogP contribution is 2.33. The van der Waals surface area contributed by atoms with Crippen LogP contribution in [0.25, 0.3) is 0 Å². The number of piperidine rings is 1. The molecule has 2 aliphatic rings. The van der Waals surface area contributed by atoms with Gasteiger partial charge in [0, 0.05) is 32.1 Å². The zero-order valence-corrected chi connectivity index (χ0v) is 13.4. The van der Waals surface area contributed by atoms with Crippen LogP contribution in [-0.2, 0) is 9.53 Å². The van der Waals surface area contributed by atoms with Crippen LogP contribution >= 0.6 is 0 Å². The van der Waals surface area contributed by atoms with E-state index in [0.29, 0.717) is 32.5 Å². The van der Waals surface area contributed by atoms with Gasteiger partial charge in [0.2, 0.25) is 5.91 Å². The Labute approximate surface area is 134 Å². The first-order valence-corrected chi connectivity index (χ1v) is 8.08. The lowest BCUT2D eigenvalue weighted by Crippen LogP contribution is -2.56. The molecule has 0 aromatic rings. The minimum atomic E-state index is -4.48. The van der Waals surface area contributed by atoms with Crippen molar-refractivity contribution >= 4 is 5.91 Å². The number of likely N-dealkylation sites (tertiary alicyclic amines) is 1. The Morgan fingerprint density at radius 1 is 1.39 bits per heavy atom. The van der Waals surface area contributed by atoms with Gasteiger partial charge in [0.15, 0.2) is 0 Å². The fraction of sp³-hybridized carbons (Fsp3) is 0.933. The molecule has 1 amide bonds. The summed E-state index contributed by atoms with van der Waals surface area (Å²) in [5.74, 6) is -2.87. The Hall–Kier alpha value is -0.860. The van der Waals surface area contributed by atoms with E-state index in [0.717, 1.165) is 13.1 Å². The van der Waals surface area contributed by atoms with Crippen molar-refractivity contribution < 1.29 is 27.8 Å². The van der Waals surface area contributed by atoms with E-state index in [1.54, 1.807) is 4.90 Å². The first kappa shape index (κ1) is 18.5. The Kier molecular flexibility index (Phi) is 5.91. The molecule has 134 valence electrons. The van der Waals surface area contributed by atoms with Crippen molar-refractivity contribution in [3.05, 3.63) is 0 Å². The van der Waals surface area contributed by atoms with Crippen LogP contribution < -0.4 is 5.32 Å². The van der Waals surface area contributed by atoms with Gasteiger partial charge in [0.25, 0.3) is 0 Å². The van der Waals surface area contributed by atoms with Crippen molar-refractivity contribution in [2.24, 2.45) is 11.8 Å². The largest absolute Gasteiger partial charge is 0.396 e. The summed E-state index contributed by atoms with van der Waals surface area (Å²) in [7, 11) is 0. The number of aliphatic hydroxyl groups is 1. The van der Waals surface area contributed by atoms with Crippen molar-refractivity contribution in [2.45, 2.75) is 38.0 Å². The zero-order valence-electron chi connectivity index (χ0n) is 13.4. The van der Waals surface area contributed by atoms with E-state index in [1.807, 2.05) is 0 Å². The summed E-state index contributed by atoms with van der Waals surface area (Å²) < 4.78 is 44.0. The highest BCUT2D eigenvalue weighted by Gasteiger charge is 2.42. The zero-order chi connectivity index (χ0) is 17.1. The maximum Gasteiger partial charge on any atom is 0.394 e. The molecule has 0 saturated carbocycles. The smallest absolute Gasteiger partial charge is 0.394 e. The number of hydrogen-bond acceptors (Lipinski definition) is 4. The predicted molar refractivity (Wildman–Crippen MR) is 77.8 cm³/mol. The second-order valence-corrected chi connectivity index (χ2v) is 6.59. The summed E-state index contributed by atoms with van der Waals surface area (Å²) in [5, 5.41) is 12.2. The number of hydrogen-bond donors (Lipinski definition) is 2. The van der Waals surface area contributed by atoms with E-state index >= 15 is 0 Å². The lowest BCUT2D eigenvalue weighted by molar-refractivity contribution is -0.189. The normalized spacial score (nSPS) is 24.5. The molecule has 2 atom stereocenters. The molecule has 23 heavy (non-hydrogen) atoms. The number of rotatable bonds is 4. The monoisotopic (exact) mass is 338 g/mol. The third-order valence-corrected chi connectivity index (χ3v) is 4.86. The average molecular weight is 338 g/mol. The molecular weight excluding hydrogens is 313 g/mol. The molecule has 2 saturated heterocycles. The third-order valence-electron chi connectivity index (χ3n) is 4.86. The average Bonchev–Trinajstić information content (AvgIpc) is 2.52. The quantitative estimate of drug-likeness (QED) is 0.808. The molecule has 0 aromatic heterocycles. The van der Waals surface area contributed by atoms with Crippen LogP contribution in [0.4, 0.5) is 13.2 Å². The second kappa shape index (κ2) is 7.36. The molecule has 2 unspecified atom stereocenters. The van der Waals surface area contributed by atoms with E-state index < -0.39 is 24.6 Å². The molecule has 2 heterocycles. The molecule has 8 heteroatoms. The summed E-state index contributed by atoms with van der Waals surface area (Å²) in [6, 6.07) is 0. The molecule has 0 aromatic carbocycles. The van der Waals surface area contributed by atoms with Gasteiger partial charge in [-0.2, -0.15) is 13.2 Å². The van der Waals surface area contributed by atoms with Gasteiger partial charge in [-0.15, -0.1) is 0 Å². The molecule has 1 spiro atoms. The van der Waals surface area contributed by atoms with Crippen LogP contribution in [0.3, 0.4) is 0 Å². The molecule has 2 aliphatic heterocycles. The molecule has 2 fully saturated rings. The van der Waals surface area contributed by atoms with Crippen LogP contribution in [0.5, 0.6) is 0 Å². The van der Waals surface area contributed by atoms with Crippen molar-refractivity contribution in [1.29, 1.82) is 0 Å². The number of amides is 1. The Morgan fingerprint density at radius 2 is 2.04 bits per heavy atom. The van der Waals surface area contributed by atoms with Crippen molar-refractivity contribution in [3.63, 3.8) is 0 Å². The van der Waals surface area contributed by atoms with Gasteiger partial charge in [-0.1, -0.05) is 6.92 Å². The summed E-state index contributed by atoms with van der Waals surface area (Å²) in [5.41, 5.74) is -0.238. The highest BCUT2D eigenvalue weighted by molar-refractivity contribution is 5.78. The van der Waals surface area contributed by atoms with Gasteiger partial charge in [-0.25, -0.2) is 0 Å². The Morgan fingerprint density at radius 3 is 2.52 bits per heavy atom. The van der Waals surface area contributed by atoms with Gasteiger partial charge >= 0.3 is 6.18 Å². The lowest BCUT2D eigenvalue weighted by atomic mass is 9.88. The first-order chi connectivity index (χ1) is 10.8. The standard InChI is InChI=1S/C15H25F3N2O3/c1-11(8-12(9-21)15(16,17)18)13(22)20-5-2-14(3-6-20)10-19-4-7-23-14/h11-12,19,21H,2-10H2,1H3. The maximum atomic E-state index is 12.7. The topological polar surface area (TPSA) is 61.8 Å². The molecule has 2 rings (SSSR count). The number of nitrogens with one attached hydrogen (secondary N) is 1. The lowest BCUT2D eigenvalue weighted by Gasteiger charge is -2.44. The SMILES string of the molecule is CC(CC(CO)C(F)(F)F)C(=O)N1CCC2(CC1)CNCCO2. The second-order valence-electron chi connectivity index (χ2n) is 6.59. The summed E-state index contributed by atoms with van der Waals surface area (Å²) in [6.07, 6.45) is -3.46. The molecule has 2 N–H and O–H groups in total. The third kappa shape index (κ3) is 4.58. The Bertz CT molecular complexity index is 401. The molecule has 0 radical (unpaired) electrons. The minimum Gasteiger partial charge on any atom is -0.396 e. The minimum absolute atomic E-state index is 0.238. The van der Waals surface area contributed by atoms with Crippen LogP contribution in [0.15, 0.2) is 0 Å². The van der Waals surface area contributed by atoms with E-state index in [1.165, 1.54) is 6.92 Å². The van der Waals surface area contributed by atoms with E-state index in [4.69, 9.17) is 9.84 Å². The van der Waals surface area contributed by atoms with Crippen LogP contribution in [0, 0.1) is 11.8 Å². The fourth-order valence-corrected chi connectivity index (χ4v) is 3.31. The van der Waals surface area contributed by atoms with Crippen molar-refractivity contribution in [3.8, 4) is 0 Å². The molecule has 0 bridgehead atoms. The molecule has 0 aliphatic carbocycles. The Balaban J connectivity index is 1.86. The summed E-state index contributed by atoms with van der Waals surface area (Å²) in [6.45, 7) is 3.74. The number of halogens is 3. The first-order valence-electron chi connectivity index (χ1n) is 8.08. The van der Waals surface area contributed by atoms with Crippen LogP contribution in [0.2, 0.25) is 0 Å². The number of morpholine rings is 1. The van der Waals surface area contributed by atoms with Crippen molar-refractivity contribution in [1.82, 2.24) is 10.2 Å². The highest BCUT2D eigenvalue weighted by atomic mass is 19.4. The van der Waals surface area contributed by atoms with Gasteiger partial charge in [0.05, 0.1) is 24.7 Å². The number of alkyl halides is 3. The van der Waals surface area contributed by atoms with Gasteiger partial charge in [0.1, 0.15) is 0 Å². The maximum absolute atomic E-state index is 12.7. The van der Waals surface area contributed by atoms with Gasteiger partial charge in [-0.3, -0.25) is 4.79 Å². The predicted octanol–water partition coefficient (Wildman–Crippen LogP) is 1.16. The number of ether oxygens (including phenoxy) is 1. The molecule has 5 nitrogen and oxygen atoms in total. The number of carbonyl (C=O) groups excluding carboxylic acids is 1. The molecular formula is C15H25F3N2O3. The van der Waals surface area contributed by atoms with E-state index in [9.17, 15) is 18.0 Å². The van der Waals surface area contributed by atoms with Crippen LogP contribution in [-0.4, -0.2) is 67.1 Å². The van der Waals surface area contributed by atoms with Gasteiger partial charge in [-0.05, 0) is 19.3 Å². The number of carbonyl (C=O) groups is 1. The van der Waals surface area contributed by atoms with Crippen LogP contribution in [0.1, 0.15) is 26.2 Å². The number of aliphatic hydroxyl groups excluding tert-OH is 1. The summed E-state index contributed by atoms with van der Waals surface area (Å²) in [4.78, 5) is 14.0. The van der Waals surface area contributed by atoms with E-state index in [-0.39, 0.29) is 17.9 Å². The fourth-order valence-electron chi connectivity index (χ4n) is 3.31. The van der Waals surface area contributed by atoms with E-state index in [2.05, 4.69) is 5.32 Å². The van der Waals surface area contributed by atoms with Crippen molar-refractivity contribution in [2.75, 3.05) is 39.4 Å². The van der Waals surface area contributed by atoms with Gasteiger partial charge < -0.3 is 20.1 Å².